The maximum atomic E-state index is 11.8. The van der Waals surface area contributed by atoms with Gasteiger partial charge in [-0.25, -0.2) is 5.43 Å². The van der Waals surface area contributed by atoms with Gasteiger partial charge in [0.25, 0.3) is 5.69 Å². The largest absolute Gasteiger partial charge is 0.506 e. The maximum absolute atomic E-state index is 11.8. The Balaban J connectivity index is 2.04. The van der Waals surface area contributed by atoms with Crippen LogP contribution in [0.5, 0.6) is 5.75 Å². The molecule has 0 fully saturated rings. The second kappa shape index (κ2) is 8.02. The Labute approximate surface area is 153 Å². The lowest BCUT2D eigenvalue weighted by Crippen LogP contribution is -2.19. The molecule has 0 spiro atoms. The van der Waals surface area contributed by atoms with Gasteiger partial charge in [-0.15, -0.1) is 0 Å². The Hall–Kier alpha value is -2.26. The molecule has 0 aliphatic heterocycles. The van der Waals surface area contributed by atoms with E-state index in [9.17, 15) is 20.0 Å². The summed E-state index contributed by atoms with van der Waals surface area (Å²) in [5, 5.41) is 24.4. The van der Waals surface area contributed by atoms with Gasteiger partial charge < -0.3 is 5.11 Å². The summed E-state index contributed by atoms with van der Waals surface area (Å²) < 4.78 is 1.08. The van der Waals surface area contributed by atoms with Crippen LogP contribution in [0.2, 0.25) is 0 Å². The number of halogens is 2. The summed E-state index contributed by atoms with van der Waals surface area (Å²) in [7, 11) is 0. The Bertz CT molecular complexity index is 807. The zero-order valence-corrected chi connectivity index (χ0v) is 15.2. The third-order valence-electron chi connectivity index (χ3n) is 2.96. The Morgan fingerprint density at radius 3 is 2.58 bits per heavy atom. The standard InChI is InChI=1S/C15H11Br2N3O4/c16-11-3-1-9(2-4-11)5-14(21)19-18-8-10-6-12(20(23)24)7-13(17)15(10)22/h1-4,6-8,22H,5H2,(H,19,21)/b18-8-. The van der Waals surface area contributed by atoms with Crippen LogP contribution >= 0.6 is 31.9 Å². The zero-order valence-electron chi connectivity index (χ0n) is 12.1. The number of rotatable bonds is 5. The van der Waals surface area contributed by atoms with Crippen molar-refractivity contribution in [1.82, 2.24) is 5.43 Å². The number of carbonyl (C=O) groups excluding carboxylic acids is 1. The predicted molar refractivity (Wildman–Crippen MR) is 96.0 cm³/mol. The average Bonchev–Trinajstić information content (AvgIpc) is 2.53. The molecule has 2 rings (SSSR count). The molecule has 0 aliphatic rings. The fraction of sp³-hybridized carbons (Fsp3) is 0.0667. The number of phenols is 1. The van der Waals surface area contributed by atoms with Crippen molar-refractivity contribution in [2.75, 3.05) is 0 Å². The lowest BCUT2D eigenvalue weighted by molar-refractivity contribution is -0.385. The van der Waals surface area contributed by atoms with Crippen molar-refractivity contribution in [3.8, 4) is 5.75 Å². The van der Waals surface area contributed by atoms with E-state index in [0.717, 1.165) is 22.3 Å². The number of amides is 1. The molecule has 124 valence electrons. The first-order valence-corrected chi connectivity index (χ1v) is 8.18. The maximum Gasteiger partial charge on any atom is 0.271 e. The number of hydrogen-bond acceptors (Lipinski definition) is 5. The normalized spacial score (nSPS) is 10.8. The van der Waals surface area contributed by atoms with Crippen LogP contribution in [0.15, 0.2) is 50.4 Å². The second-order valence-electron chi connectivity index (χ2n) is 4.72. The van der Waals surface area contributed by atoms with Gasteiger partial charge in [-0.2, -0.15) is 5.10 Å². The molecule has 0 saturated heterocycles. The number of nitrogens with one attached hydrogen (secondary N) is 1. The van der Waals surface area contributed by atoms with E-state index in [1.807, 2.05) is 12.1 Å². The molecule has 24 heavy (non-hydrogen) atoms. The minimum Gasteiger partial charge on any atom is -0.506 e. The van der Waals surface area contributed by atoms with E-state index in [1.165, 1.54) is 6.07 Å². The number of nitro groups is 1. The number of benzene rings is 2. The van der Waals surface area contributed by atoms with E-state index >= 15 is 0 Å². The SMILES string of the molecule is O=C(Cc1ccc(Br)cc1)N/N=C\c1cc([N+](=O)[O-])cc(Br)c1O. The van der Waals surface area contributed by atoms with Crippen LogP contribution in [-0.2, 0) is 11.2 Å². The van der Waals surface area contributed by atoms with E-state index in [1.54, 1.807) is 12.1 Å². The molecule has 0 radical (unpaired) electrons. The molecule has 0 saturated carbocycles. The van der Waals surface area contributed by atoms with Crippen molar-refractivity contribution < 1.29 is 14.8 Å². The summed E-state index contributed by atoms with van der Waals surface area (Å²) >= 11 is 6.34. The minimum absolute atomic E-state index is 0.111. The van der Waals surface area contributed by atoms with E-state index in [4.69, 9.17) is 0 Å². The number of nitrogens with zero attached hydrogens (tertiary/aromatic N) is 2. The molecule has 9 heteroatoms. The lowest BCUT2D eigenvalue weighted by Gasteiger charge is -2.03. The van der Waals surface area contributed by atoms with Crippen LogP contribution in [-0.4, -0.2) is 22.2 Å². The molecule has 0 bridgehead atoms. The molecule has 2 N–H and O–H groups in total. The Morgan fingerprint density at radius 2 is 1.96 bits per heavy atom. The number of non-ortho nitro benzene ring substituents is 1. The minimum atomic E-state index is -0.590. The first-order valence-electron chi connectivity index (χ1n) is 6.60. The van der Waals surface area contributed by atoms with Gasteiger partial charge in [0.2, 0.25) is 5.91 Å². The van der Waals surface area contributed by atoms with Crippen molar-refractivity contribution in [1.29, 1.82) is 0 Å². The van der Waals surface area contributed by atoms with Gasteiger partial charge in [-0.1, -0.05) is 28.1 Å². The number of hydrazone groups is 1. The van der Waals surface area contributed by atoms with Crippen LogP contribution in [0.4, 0.5) is 5.69 Å². The highest BCUT2D eigenvalue weighted by Crippen LogP contribution is 2.31. The van der Waals surface area contributed by atoms with Crippen molar-refractivity contribution in [3.05, 3.63) is 66.6 Å². The molecule has 0 heterocycles. The number of phenolic OH excluding ortho intramolecular Hbond substituents is 1. The van der Waals surface area contributed by atoms with E-state index in [2.05, 4.69) is 42.4 Å². The van der Waals surface area contributed by atoms with E-state index in [0.29, 0.717) is 0 Å². The Morgan fingerprint density at radius 1 is 1.29 bits per heavy atom. The molecule has 2 aromatic rings. The van der Waals surface area contributed by atoms with Crippen LogP contribution in [0.3, 0.4) is 0 Å². The summed E-state index contributed by atoms with van der Waals surface area (Å²) in [4.78, 5) is 22.0. The molecule has 0 aromatic heterocycles. The van der Waals surface area contributed by atoms with Crippen molar-refractivity contribution in [2.45, 2.75) is 6.42 Å². The van der Waals surface area contributed by atoms with Gasteiger partial charge in [0.05, 0.1) is 22.0 Å². The van der Waals surface area contributed by atoms with Crippen LogP contribution < -0.4 is 5.43 Å². The second-order valence-corrected chi connectivity index (χ2v) is 6.49. The van der Waals surface area contributed by atoms with Crippen LogP contribution in [0.1, 0.15) is 11.1 Å². The lowest BCUT2D eigenvalue weighted by atomic mass is 10.1. The number of carbonyl (C=O) groups is 1. The summed E-state index contributed by atoms with van der Waals surface area (Å²) in [5.41, 5.74) is 3.03. The third kappa shape index (κ3) is 4.87. The Kier molecular flexibility index (Phi) is 6.04. The molecule has 0 aliphatic carbocycles. The molecular weight excluding hydrogens is 446 g/mol. The number of nitro benzene ring substituents is 1. The van der Waals surface area contributed by atoms with Gasteiger partial charge in [0, 0.05) is 22.2 Å². The van der Waals surface area contributed by atoms with Crippen molar-refractivity contribution in [2.24, 2.45) is 5.10 Å². The smallest absolute Gasteiger partial charge is 0.271 e. The van der Waals surface area contributed by atoms with E-state index < -0.39 is 4.92 Å². The molecule has 0 atom stereocenters. The summed E-state index contributed by atoms with van der Waals surface area (Å²) in [6.07, 6.45) is 1.28. The zero-order chi connectivity index (χ0) is 17.7. The van der Waals surface area contributed by atoms with Gasteiger partial charge in [0.1, 0.15) is 5.75 Å². The van der Waals surface area contributed by atoms with Gasteiger partial charge in [-0.3, -0.25) is 14.9 Å². The first-order chi connectivity index (χ1) is 11.4. The highest BCUT2D eigenvalue weighted by molar-refractivity contribution is 9.10. The summed E-state index contributed by atoms with van der Waals surface area (Å²) in [6.45, 7) is 0. The highest BCUT2D eigenvalue weighted by atomic mass is 79.9. The molecule has 7 nitrogen and oxygen atoms in total. The molecule has 1 amide bonds. The highest BCUT2D eigenvalue weighted by Gasteiger charge is 2.13. The summed E-state index contributed by atoms with van der Waals surface area (Å²) in [5.74, 6) is -0.552. The predicted octanol–water partition coefficient (Wildman–Crippen LogP) is 3.52. The summed E-state index contributed by atoms with van der Waals surface area (Å²) in [6, 6.07) is 9.59. The van der Waals surface area contributed by atoms with Crippen LogP contribution in [0, 0.1) is 10.1 Å². The van der Waals surface area contributed by atoms with Gasteiger partial charge >= 0.3 is 0 Å². The van der Waals surface area contributed by atoms with Crippen LogP contribution in [0.25, 0.3) is 0 Å². The van der Waals surface area contributed by atoms with Crippen molar-refractivity contribution in [3.63, 3.8) is 0 Å². The number of hydrogen-bond donors (Lipinski definition) is 2. The van der Waals surface area contributed by atoms with E-state index in [-0.39, 0.29) is 33.8 Å². The van der Waals surface area contributed by atoms with Crippen molar-refractivity contribution >= 4 is 49.7 Å². The topological polar surface area (TPSA) is 105 Å². The third-order valence-corrected chi connectivity index (χ3v) is 4.09. The first kappa shape index (κ1) is 18.1. The monoisotopic (exact) mass is 455 g/mol. The molecule has 2 aromatic carbocycles. The van der Waals surface area contributed by atoms with Gasteiger partial charge in [-0.05, 0) is 33.6 Å². The molecular formula is C15H11Br2N3O4. The fourth-order valence-corrected chi connectivity index (χ4v) is 2.54. The average molecular weight is 457 g/mol. The number of aromatic hydroxyl groups is 1. The molecule has 0 unspecified atom stereocenters. The fourth-order valence-electron chi connectivity index (χ4n) is 1.81. The quantitative estimate of drug-likeness (QED) is 0.408. The van der Waals surface area contributed by atoms with Gasteiger partial charge in [0.15, 0.2) is 0 Å².